The number of nitrogens with zero attached hydrogens (tertiary/aromatic N) is 4. The van der Waals surface area contributed by atoms with Gasteiger partial charge in [0, 0.05) is 33.0 Å². The van der Waals surface area contributed by atoms with Crippen molar-refractivity contribution in [2.24, 2.45) is 0 Å². The number of fused-ring (bicyclic) bond motifs is 10. The largest absolute Gasteiger partial charge is 0.456 e. The predicted octanol–water partition coefficient (Wildman–Crippen LogP) is 12.5. The van der Waals surface area contributed by atoms with Gasteiger partial charge in [-0.2, -0.15) is 0 Å². The first-order valence-corrected chi connectivity index (χ1v) is 18.0. The van der Waals surface area contributed by atoms with Crippen molar-refractivity contribution in [3.05, 3.63) is 158 Å². The number of hydrogen-bond acceptors (Lipinski definition) is 6. The lowest BCUT2D eigenvalue weighted by Gasteiger charge is -2.12. The maximum Gasteiger partial charge on any atom is 0.164 e. The minimum atomic E-state index is 0.593. The zero-order valence-corrected chi connectivity index (χ0v) is 28.4. The van der Waals surface area contributed by atoms with E-state index in [1.807, 2.05) is 54.6 Å². The van der Waals surface area contributed by atoms with E-state index in [0.29, 0.717) is 17.5 Å². The van der Waals surface area contributed by atoms with Crippen molar-refractivity contribution in [1.82, 2.24) is 19.9 Å². The maximum atomic E-state index is 6.51. The molecule has 8 aromatic carbocycles. The van der Waals surface area contributed by atoms with E-state index in [1.165, 1.54) is 32.3 Å². The Morgan fingerprint density at radius 3 is 1.77 bits per heavy atom. The van der Waals surface area contributed by atoms with Gasteiger partial charge >= 0.3 is 0 Å². The number of rotatable bonds is 4. The summed E-state index contributed by atoms with van der Waals surface area (Å²) >= 11 is 1.69. The van der Waals surface area contributed by atoms with Crippen LogP contribution in [0.2, 0.25) is 0 Å². The summed E-state index contributed by atoms with van der Waals surface area (Å²) in [4.78, 5) is 20.3. The molecule has 0 radical (unpaired) electrons. The van der Waals surface area contributed by atoms with Crippen LogP contribution in [-0.4, -0.2) is 19.9 Å². The Kier molecular flexibility index (Phi) is 6.35. The lowest BCUT2D eigenvalue weighted by Crippen LogP contribution is -2.00. The van der Waals surface area contributed by atoms with Crippen LogP contribution >= 0.6 is 11.3 Å². The molecule has 52 heavy (non-hydrogen) atoms. The fourth-order valence-electron chi connectivity index (χ4n) is 7.53. The molecule has 6 heteroatoms. The van der Waals surface area contributed by atoms with Crippen molar-refractivity contribution >= 4 is 75.8 Å². The average Bonchev–Trinajstić information content (AvgIpc) is 3.83. The van der Waals surface area contributed by atoms with Crippen molar-refractivity contribution in [3.63, 3.8) is 0 Å². The number of aromatic nitrogens is 4. The summed E-state index contributed by atoms with van der Waals surface area (Å²) in [5.41, 5.74) is 6.35. The molecule has 3 aromatic heterocycles. The fraction of sp³-hybridized carbons (Fsp3) is 0. The molecule has 0 atom stereocenters. The van der Waals surface area contributed by atoms with Gasteiger partial charge in [-0.15, -0.1) is 11.3 Å². The number of furan rings is 1. The van der Waals surface area contributed by atoms with E-state index < -0.39 is 0 Å². The monoisotopic (exact) mass is 682 g/mol. The van der Waals surface area contributed by atoms with Gasteiger partial charge in [0.25, 0.3) is 0 Å². The first-order valence-electron chi connectivity index (χ1n) is 17.2. The number of thiazole rings is 1. The highest BCUT2D eigenvalue weighted by Gasteiger charge is 2.19. The molecule has 0 aliphatic rings. The third-order valence-corrected chi connectivity index (χ3v) is 11.0. The second-order valence-electron chi connectivity index (χ2n) is 13.0. The molecule has 0 N–H and O–H groups in total. The van der Waals surface area contributed by atoms with Crippen molar-refractivity contribution in [2.45, 2.75) is 0 Å². The average molecular weight is 683 g/mol. The summed E-state index contributed by atoms with van der Waals surface area (Å²) in [7, 11) is 0. The summed E-state index contributed by atoms with van der Waals surface area (Å²) in [5, 5.41) is 10.2. The quantitative estimate of drug-likeness (QED) is 0.173. The first kappa shape index (κ1) is 29.0. The molecule has 0 aliphatic carbocycles. The van der Waals surface area contributed by atoms with Crippen LogP contribution in [0.5, 0.6) is 0 Å². The second kappa shape index (κ2) is 11.4. The first-order chi connectivity index (χ1) is 25.7. The molecule has 0 amide bonds. The molecule has 0 saturated carbocycles. The Morgan fingerprint density at radius 2 is 1.00 bits per heavy atom. The smallest absolute Gasteiger partial charge is 0.164 e. The molecule has 242 valence electrons. The molecule has 0 bridgehead atoms. The van der Waals surface area contributed by atoms with E-state index >= 15 is 0 Å². The lowest BCUT2D eigenvalue weighted by atomic mass is 9.93. The molecule has 0 spiro atoms. The van der Waals surface area contributed by atoms with E-state index in [0.717, 1.165) is 59.4 Å². The predicted molar refractivity (Wildman–Crippen MR) is 215 cm³/mol. The van der Waals surface area contributed by atoms with Gasteiger partial charge in [0.05, 0.1) is 10.2 Å². The van der Waals surface area contributed by atoms with Gasteiger partial charge in [0.1, 0.15) is 16.2 Å². The fourth-order valence-corrected chi connectivity index (χ4v) is 8.49. The molecule has 0 aliphatic heterocycles. The van der Waals surface area contributed by atoms with E-state index in [-0.39, 0.29) is 0 Å². The molecular weight excluding hydrogens is 657 g/mol. The zero-order valence-electron chi connectivity index (χ0n) is 27.6. The van der Waals surface area contributed by atoms with Gasteiger partial charge in [-0.1, -0.05) is 121 Å². The van der Waals surface area contributed by atoms with E-state index in [2.05, 4.69) is 103 Å². The topological polar surface area (TPSA) is 64.7 Å². The number of hydrogen-bond donors (Lipinski definition) is 0. The van der Waals surface area contributed by atoms with Gasteiger partial charge < -0.3 is 4.42 Å². The highest BCUT2D eigenvalue weighted by Crippen LogP contribution is 2.40. The van der Waals surface area contributed by atoms with E-state index in [1.54, 1.807) is 11.3 Å². The third kappa shape index (κ3) is 4.55. The zero-order chi connectivity index (χ0) is 34.2. The SMILES string of the molecule is c1ccc(-c2nc(-c3ccc4c5ccccc5c5ccccc5c4c3)nc(-c3cccc4oc5cc(-c6nc7ccccc7s6)ccc5c34)n2)cc1. The van der Waals surface area contributed by atoms with Crippen molar-refractivity contribution in [3.8, 4) is 44.7 Å². The molecule has 11 rings (SSSR count). The van der Waals surface area contributed by atoms with Crippen molar-refractivity contribution < 1.29 is 4.42 Å². The molecule has 0 fully saturated rings. The highest BCUT2D eigenvalue weighted by molar-refractivity contribution is 7.21. The normalized spacial score (nSPS) is 11.8. The summed E-state index contributed by atoms with van der Waals surface area (Å²) in [6.07, 6.45) is 0. The Hall–Kier alpha value is -6.76. The van der Waals surface area contributed by atoms with Gasteiger partial charge in [0.2, 0.25) is 0 Å². The minimum Gasteiger partial charge on any atom is -0.456 e. The molecule has 0 unspecified atom stereocenters. The van der Waals surface area contributed by atoms with Crippen molar-refractivity contribution in [2.75, 3.05) is 0 Å². The van der Waals surface area contributed by atoms with E-state index in [9.17, 15) is 0 Å². The maximum absolute atomic E-state index is 6.51. The highest BCUT2D eigenvalue weighted by atomic mass is 32.1. The second-order valence-corrected chi connectivity index (χ2v) is 14.0. The number of para-hydroxylation sites is 1. The van der Waals surface area contributed by atoms with Crippen LogP contribution in [0.4, 0.5) is 0 Å². The summed E-state index contributed by atoms with van der Waals surface area (Å²) < 4.78 is 7.67. The van der Waals surface area contributed by atoms with Crippen LogP contribution in [-0.2, 0) is 0 Å². The van der Waals surface area contributed by atoms with Crippen LogP contribution < -0.4 is 0 Å². The minimum absolute atomic E-state index is 0.593. The summed E-state index contributed by atoms with van der Waals surface area (Å²) in [5.74, 6) is 1.83. The Bertz CT molecular complexity index is 3130. The van der Waals surface area contributed by atoms with Crippen LogP contribution in [0.15, 0.2) is 162 Å². The third-order valence-electron chi connectivity index (χ3n) is 9.95. The summed E-state index contributed by atoms with van der Waals surface area (Å²) in [6.45, 7) is 0. The van der Waals surface area contributed by atoms with Gasteiger partial charge in [-0.3, -0.25) is 0 Å². The van der Waals surface area contributed by atoms with Crippen LogP contribution in [0.25, 0.3) is 109 Å². The Labute approximate surface area is 301 Å². The standard InChI is InChI=1S/C46H26N4OS/c1-2-11-27(12-3-1)43-48-44(28-21-23-34-32-15-5-4-13-30(32)31-14-6-7-16-33(31)37(34)25-28)50-45(49-43)36-17-10-19-39-42(36)35-24-22-29(26-40(35)51-39)46-47-38-18-8-9-20-41(38)52-46/h1-26H. The molecule has 5 nitrogen and oxygen atoms in total. The van der Waals surface area contributed by atoms with Crippen LogP contribution in [0.3, 0.4) is 0 Å². The Balaban J connectivity index is 1.12. The molecule has 3 heterocycles. The van der Waals surface area contributed by atoms with E-state index in [4.69, 9.17) is 24.4 Å². The van der Waals surface area contributed by atoms with Gasteiger partial charge in [-0.25, -0.2) is 19.9 Å². The van der Waals surface area contributed by atoms with Crippen LogP contribution in [0, 0.1) is 0 Å². The molecule has 11 aromatic rings. The number of benzene rings is 8. The Morgan fingerprint density at radius 1 is 0.385 bits per heavy atom. The van der Waals surface area contributed by atoms with Crippen LogP contribution in [0.1, 0.15) is 0 Å². The lowest BCUT2D eigenvalue weighted by molar-refractivity contribution is 0.669. The van der Waals surface area contributed by atoms with Gasteiger partial charge in [-0.05, 0) is 68.7 Å². The van der Waals surface area contributed by atoms with Gasteiger partial charge in [0.15, 0.2) is 17.5 Å². The molecule has 0 saturated heterocycles. The van der Waals surface area contributed by atoms with Crippen molar-refractivity contribution in [1.29, 1.82) is 0 Å². The molecular formula is C46H26N4OS. The summed E-state index contributed by atoms with van der Waals surface area (Å²) in [6, 6.07) is 54.6.